The molecule has 0 spiro atoms. The van der Waals surface area contributed by atoms with Crippen molar-refractivity contribution in [3.63, 3.8) is 0 Å². The van der Waals surface area contributed by atoms with Gasteiger partial charge in [0.05, 0.1) is 23.0 Å². The lowest BCUT2D eigenvalue weighted by Gasteiger charge is -2.37. The second-order valence-corrected chi connectivity index (χ2v) is 9.92. The van der Waals surface area contributed by atoms with E-state index in [0.717, 1.165) is 49.7 Å². The number of anilines is 2. The monoisotopic (exact) mass is 478 g/mol. The summed E-state index contributed by atoms with van der Waals surface area (Å²) in [5, 5.41) is 5.84. The Morgan fingerprint density at radius 1 is 0.939 bits per heavy atom. The highest BCUT2D eigenvalue weighted by molar-refractivity contribution is 7.19. The maximum absolute atomic E-state index is 12.9. The molecule has 0 saturated carbocycles. The lowest BCUT2D eigenvalue weighted by Crippen LogP contribution is -2.47. The first kappa shape index (κ1) is 20.6. The topological polar surface area (TPSA) is 67.2 Å². The first-order valence-electron chi connectivity index (χ1n) is 11.3. The van der Waals surface area contributed by atoms with E-state index in [1.165, 1.54) is 33.4 Å². The van der Waals surface area contributed by atoms with Gasteiger partial charge < -0.3 is 9.80 Å². The number of hydrogen-bond acceptors (Lipinski definition) is 7. The van der Waals surface area contributed by atoms with Crippen LogP contribution in [0.1, 0.15) is 23.3 Å². The maximum atomic E-state index is 12.9. The molecule has 1 saturated heterocycles. The van der Waals surface area contributed by atoms with Crippen molar-refractivity contribution in [2.75, 3.05) is 36.0 Å². The van der Waals surface area contributed by atoms with Gasteiger partial charge in [0.15, 0.2) is 0 Å². The number of aryl methyl sites for hydroxylation is 2. The van der Waals surface area contributed by atoms with Crippen LogP contribution < -0.4 is 15.4 Å². The second-order valence-electron chi connectivity index (χ2n) is 8.46. The molecule has 168 valence electrons. The maximum Gasteiger partial charge on any atom is 0.292 e. The van der Waals surface area contributed by atoms with Gasteiger partial charge in [-0.2, -0.15) is 9.78 Å². The Hall–Kier alpha value is -2.97. The molecule has 1 aliphatic carbocycles. The Morgan fingerprint density at radius 2 is 1.70 bits per heavy atom. The highest BCUT2D eigenvalue weighted by Gasteiger charge is 2.26. The van der Waals surface area contributed by atoms with Crippen molar-refractivity contribution < 1.29 is 0 Å². The van der Waals surface area contributed by atoms with Gasteiger partial charge in [-0.25, -0.2) is 9.97 Å². The summed E-state index contributed by atoms with van der Waals surface area (Å²) in [6.45, 7) is 3.09. The molecule has 2 aliphatic rings. The van der Waals surface area contributed by atoms with Crippen molar-refractivity contribution in [3.8, 4) is 5.69 Å². The number of piperazine rings is 1. The van der Waals surface area contributed by atoms with Crippen LogP contribution in [0, 0.1) is 0 Å². The minimum atomic E-state index is -0.301. The first-order valence-corrected chi connectivity index (χ1v) is 12.5. The van der Waals surface area contributed by atoms with E-state index in [9.17, 15) is 4.79 Å². The third kappa shape index (κ3) is 3.57. The minimum absolute atomic E-state index is 0.207. The van der Waals surface area contributed by atoms with Crippen LogP contribution in [0.2, 0.25) is 5.02 Å². The Bertz CT molecular complexity index is 1380. The van der Waals surface area contributed by atoms with Crippen molar-refractivity contribution in [3.05, 3.63) is 68.7 Å². The smallest absolute Gasteiger partial charge is 0.292 e. The number of halogens is 1. The van der Waals surface area contributed by atoms with Gasteiger partial charge in [0.25, 0.3) is 5.56 Å². The number of aromatic nitrogens is 4. The number of thiophene rings is 1. The molecule has 0 unspecified atom stereocenters. The largest absolute Gasteiger partial charge is 0.365 e. The van der Waals surface area contributed by atoms with Gasteiger partial charge in [-0.1, -0.05) is 29.8 Å². The molecule has 9 heteroatoms. The van der Waals surface area contributed by atoms with E-state index in [4.69, 9.17) is 16.6 Å². The van der Waals surface area contributed by atoms with Crippen LogP contribution in [0.4, 0.5) is 11.5 Å². The molecule has 4 aromatic rings. The number of hydrogen-bond donors (Lipinski definition) is 0. The summed E-state index contributed by atoms with van der Waals surface area (Å²) >= 11 is 8.36. The number of rotatable bonds is 3. The Morgan fingerprint density at radius 3 is 2.52 bits per heavy atom. The van der Waals surface area contributed by atoms with Gasteiger partial charge in [-0.3, -0.25) is 4.79 Å². The van der Waals surface area contributed by atoms with Crippen molar-refractivity contribution in [1.82, 2.24) is 19.7 Å². The molecular weight excluding hydrogens is 456 g/mol. The molecule has 7 nitrogen and oxygen atoms in total. The van der Waals surface area contributed by atoms with E-state index in [2.05, 4.69) is 19.9 Å². The highest BCUT2D eigenvalue weighted by atomic mass is 35.5. The molecule has 1 aromatic carbocycles. The van der Waals surface area contributed by atoms with Crippen molar-refractivity contribution in [2.45, 2.75) is 25.7 Å². The van der Waals surface area contributed by atoms with E-state index in [1.807, 2.05) is 41.7 Å². The second kappa shape index (κ2) is 8.43. The Labute approximate surface area is 200 Å². The summed E-state index contributed by atoms with van der Waals surface area (Å²) in [6, 6.07) is 9.34. The van der Waals surface area contributed by atoms with Crippen LogP contribution >= 0.6 is 22.9 Å². The summed E-state index contributed by atoms with van der Waals surface area (Å²) in [6.07, 6.45) is 8.17. The highest BCUT2D eigenvalue weighted by Crippen LogP contribution is 2.39. The summed E-state index contributed by atoms with van der Waals surface area (Å²) < 4.78 is 1.35. The molecule has 1 fully saturated rings. The standard InChI is InChI=1S/C24H23ClN6OS/c25-21-18(14-28-31(24(21)32)16-6-2-1-3-7-16)29-10-12-30(13-11-29)22-20-17-8-4-5-9-19(17)33-23(20)27-15-26-22/h1-3,6-7,14-15H,4-5,8-13H2. The number of nitrogens with zero attached hydrogens (tertiary/aromatic N) is 6. The zero-order valence-electron chi connectivity index (χ0n) is 18.1. The molecule has 1 aliphatic heterocycles. The molecular formula is C24H23ClN6OS. The van der Waals surface area contributed by atoms with Gasteiger partial charge >= 0.3 is 0 Å². The predicted octanol–water partition coefficient (Wildman–Crippen LogP) is 4.10. The Balaban J connectivity index is 1.26. The van der Waals surface area contributed by atoms with Gasteiger partial charge in [-0.05, 0) is 43.4 Å². The van der Waals surface area contributed by atoms with Crippen LogP contribution in [0.5, 0.6) is 0 Å². The fourth-order valence-electron chi connectivity index (χ4n) is 4.87. The van der Waals surface area contributed by atoms with Crippen LogP contribution in [0.15, 0.2) is 47.7 Å². The molecule has 4 heterocycles. The van der Waals surface area contributed by atoms with Gasteiger partial charge in [0, 0.05) is 31.1 Å². The molecule has 3 aromatic heterocycles. The fourth-order valence-corrected chi connectivity index (χ4v) is 6.34. The molecule has 6 rings (SSSR count). The molecule has 0 radical (unpaired) electrons. The Kier molecular flexibility index (Phi) is 5.27. The van der Waals surface area contributed by atoms with E-state index in [1.54, 1.807) is 12.5 Å². The molecule has 0 bridgehead atoms. The van der Waals surface area contributed by atoms with Crippen molar-refractivity contribution in [1.29, 1.82) is 0 Å². The SMILES string of the molecule is O=c1c(Cl)c(N2CCN(c3ncnc4sc5c(c34)CCCC5)CC2)cnn1-c1ccccc1. The number of benzene rings is 1. The van der Waals surface area contributed by atoms with E-state index in [0.29, 0.717) is 11.4 Å². The zero-order chi connectivity index (χ0) is 22.4. The van der Waals surface area contributed by atoms with Crippen LogP contribution in [0.25, 0.3) is 15.9 Å². The van der Waals surface area contributed by atoms with Gasteiger partial charge in [0.2, 0.25) is 0 Å². The summed E-state index contributed by atoms with van der Waals surface area (Å²) in [5.74, 6) is 1.04. The normalized spacial score (nSPS) is 16.3. The minimum Gasteiger partial charge on any atom is -0.365 e. The van der Waals surface area contributed by atoms with Crippen LogP contribution in [-0.4, -0.2) is 45.9 Å². The van der Waals surface area contributed by atoms with Gasteiger partial charge in [-0.15, -0.1) is 11.3 Å². The van der Waals surface area contributed by atoms with Crippen molar-refractivity contribution in [2.24, 2.45) is 0 Å². The molecule has 0 amide bonds. The van der Waals surface area contributed by atoms with Gasteiger partial charge in [0.1, 0.15) is 22.0 Å². The lowest BCUT2D eigenvalue weighted by molar-refractivity contribution is 0.644. The van der Waals surface area contributed by atoms with E-state index in [-0.39, 0.29) is 10.6 Å². The van der Waals surface area contributed by atoms with E-state index >= 15 is 0 Å². The quantitative estimate of drug-likeness (QED) is 0.441. The molecule has 33 heavy (non-hydrogen) atoms. The fraction of sp³-hybridized carbons (Fsp3) is 0.333. The number of fused-ring (bicyclic) bond motifs is 3. The van der Waals surface area contributed by atoms with Crippen LogP contribution in [-0.2, 0) is 12.8 Å². The average Bonchev–Trinajstić information content (AvgIpc) is 3.25. The summed E-state index contributed by atoms with van der Waals surface area (Å²) in [4.78, 5) is 29.2. The number of para-hydroxylation sites is 1. The van der Waals surface area contributed by atoms with Crippen molar-refractivity contribution >= 4 is 44.7 Å². The summed E-state index contributed by atoms with van der Waals surface area (Å²) in [7, 11) is 0. The first-order chi connectivity index (χ1) is 16.2. The predicted molar refractivity (Wildman–Crippen MR) is 133 cm³/mol. The lowest BCUT2D eigenvalue weighted by atomic mass is 9.97. The molecule has 0 N–H and O–H groups in total. The van der Waals surface area contributed by atoms with Crippen LogP contribution in [0.3, 0.4) is 0 Å². The summed E-state index contributed by atoms with van der Waals surface area (Å²) in [5.41, 5.74) is 2.54. The average molecular weight is 479 g/mol. The third-order valence-electron chi connectivity index (χ3n) is 6.55. The third-order valence-corrected chi connectivity index (χ3v) is 8.11. The zero-order valence-corrected chi connectivity index (χ0v) is 19.6. The van der Waals surface area contributed by atoms with E-state index < -0.39 is 0 Å². The molecule has 0 atom stereocenters.